The van der Waals surface area contributed by atoms with Gasteiger partial charge >= 0.3 is 0 Å². The smallest absolute Gasteiger partial charge is 0.267 e. The standard InChI is InChI=1S/C25H22Cl2F2N6O/c1-33-9-11-34(12-10-33)16-7-5-15(6-8-16)31-25-30-13-17-21(32-25)18(23(28)29)14-35(24(17)36)22-19(26)3-2-4-20(22)27/h2-8,13-14,23H,9-12H2,1H3,(H,30,31,32). The average Bonchev–Trinajstić information content (AvgIpc) is 2.86. The molecule has 36 heavy (non-hydrogen) atoms. The van der Waals surface area contributed by atoms with Crippen LogP contribution in [0, 0.1) is 0 Å². The van der Waals surface area contributed by atoms with Crippen molar-refractivity contribution < 1.29 is 8.78 Å². The van der Waals surface area contributed by atoms with Crippen LogP contribution in [0.1, 0.15) is 12.0 Å². The summed E-state index contributed by atoms with van der Waals surface area (Å²) in [6.45, 7) is 3.90. The normalized spacial score (nSPS) is 14.6. The fourth-order valence-corrected chi connectivity index (χ4v) is 4.78. The molecule has 1 N–H and O–H groups in total. The maximum absolute atomic E-state index is 14.1. The summed E-state index contributed by atoms with van der Waals surface area (Å²) in [7, 11) is 2.11. The van der Waals surface area contributed by atoms with Crippen molar-refractivity contribution in [3.63, 3.8) is 0 Å². The van der Waals surface area contributed by atoms with E-state index in [9.17, 15) is 13.6 Å². The summed E-state index contributed by atoms with van der Waals surface area (Å²) >= 11 is 12.4. The SMILES string of the molecule is CN1CCN(c2ccc(Nc3ncc4c(=O)n(-c5c(Cl)cccc5Cl)cc(C(F)F)c4n3)cc2)CC1. The summed E-state index contributed by atoms with van der Waals surface area (Å²) in [5.41, 5.74) is 0.746. The molecule has 5 rings (SSSR count). The molecule has 2 aromatic heterocycles. The van der Waals surface area contributed by atoms with E-state index in [1.807, 2.05) is 24.3 Å². The number of nitrogens with one attached hydrogen (secondary N) is 1. The molecule has 3 heterocycles. The van der Waals surface area contributed by atoms with Crippen molar-refractivity contribution in [1.29, 1.82) is 0 Å². The highest BCUT2D eigenvalue weighted by Gasteiger charge is 2.21. The quantitative estimate of drug-likeness (QED) is 0.366. The summed E-state index contributed by atoms with van der Waals surface area (Å²) in [5.74, 6) is 0.102. The van der Waals surface area contributed by atoms with Gasteiger partial charge in [0, 0.05) is 49.9 Å². The van der Waals surface area contributed by atoms with Gasteiger partial charge in [0.1, 0.15) is 0 Å². The van der Waals surface area contributed by atoms with Gasteiger partial charge in [-0.1, -0.05) is 29.3 Å². The molecule has 0 bridgehead atoms. The minimum Gasteiger partial charge on any atom is -0.369 e. The zero-order valence-electron chi connectivity index (χ0n) is 19.3. The van der Waals surface area contributed by atoms with Crippen molar-refractivity contribution in [3.8, 4) is 5.69 Å². The molecule has 2 aromatic carbocycles. The monoisotopic (exact) mass is 530 g/mol. The van der Waals surface area contributed by atoms with Crippen LogP contribution < -0.4 is 15.8 Å². The number of hydrogen-bond acceptors (Lipinski definition) is 6. The van der Waals surface area contributed by atoms with Crippen molar-refractivity contribution in [2.75, 3.05) is 43.4 Å². The molecule has 0 spiro atoms. The van der Waals surface area contributed by atoms with Crippen molar-refractivity contribution >= 4 is 51.4 Å². The highest BCUT2D eigenvalue weighted by atomic mass is 35.5. The third-order valence-electron chi connectivity index (χ3n) is 6.19. The maximum atomic E-state index is 14.1. The van der Waals surface area contributed by atoms with Gasteiger partial charge in [0.15, 0.2) is 0 Å². The van der Waals surface area contributed by atoms with E-state index in [2.05, 4.69) is 32.1 Å². The van der Waals surface area contributed by atoms with Crippen molar-refractivity contribution in [1.82, 2.24) is 19.4 Å². The lowest BCUT2D eigenvalue weighted by Crippen LogP contribution is -2.44. The molecular weight excluding hydrogens is 509 g/mol. The van der Waals surface area contributed by atoms with Crippen LogP contribution in [-0.4, -0.2) is 52.7 Å². The highest BCUT2D eigenvalue weighted by Crippen LogP contribution is 2.31. The van der Waals surface area contributed by atoms with Crippen molar-refractivity contribution in [2.45, 2.75) is 6.43 Å². The number of alkyl halides is 2. The topological polar surface area (TPSA) is 66.3 Å². The first kappa shape index (κ1) is 24.4. The summed E-state index contributed by atoms with van der Waals surface area (Å²) in [6, 6.07) is 12.4. The lowest BCUT2D eigenvalue weighted by Gasteiger charge is -2.34. The predicted octanol–water partition coefficient (Wildman–Crippen LogP) is 5.52. The van der Waals surface area contributed by atoms with E-state index in [0.717, 1.165) is 42.6 Å². The van der Waals surface area contributed by atoms with Gasteiger partial charge in [-0.2, -0.15) is 0 Å². The molecule has 1 fully saturated rings. The number of halogens is 4. The van der Waals surface area contributed by atoms with E-state index in [1.54, 1.807) is 6.07 Å². The minimum atomic E-state index is -2.90. The van der Waals surface area contributed by atoms with Gasteiger partial charge in [-0.15, -0.1) is 0 Å². The second-order valence-electron chi connectivity index (χ2n) is 8.55. The molecule has 4 aromatic rings. The minimum absolute atomic E-state index is 0.0697. The number of nitrogens with zero attached hydrogens (tertiary/aromatic N) is 5. The van der Waals surface area contributed by atoms with E-state index in [-0.39, 0.29) is 32.6 Å². The van der Waals surface area contributed by atoms with Gasteiger partial charge in [0.05, 0.1) is 32.2 Å². The fourth-order valence-electron chi connectivity index (χ4n) is 4.20. The zero-order chi connectivity index (χ0) is 25.4. The van der Waals surface area contributed by atoms with E-state index in [1.165, 1.54) is 18.3 Å². The first-order valence-electron chi connectivity index (χ1n) is 11.3. The average molecular weight is 531 g/mol. The Bertz CT molecular complexity index is 1450. The largest absolute Gasteiger partial charge is 0.369 e. The molecular formula is C25H22Cl2F2N6O. The molecule has 7 nitrogen and oxygen atoms in total. The molecule has 186 valence electrons. The van der Waals surface area contributed by atoms with Crippen LogP contribution in [0.5, 0.6) is 0 Å². The lowest BCUT2D eigenvalue weighted by atomic mass is 10.2. The fraction of sp³-hybridized carbons (Fsp3) is 0.240. The van der Waals surface area contributed by atoms with Gasteiger partial charge in [-0.3, -0.25) is 9.36 Å². The van der Waals surface area contributed by atoms with Gasteiger partial charge < -0.3 is 15.1 Å². The van der Waals surface area contributed by atoms with E-state index < -0.39 is 17.5 Å². The Kier molecular flexibility index (Phi) is 6.79. The molecule has 0 amide bonds. The van der Waals surface area contributed by atoms with Gasteiger partial charge in [-0.25, -0.2) is 18.7 Å². The second-order valence-corrected chi connectivity index (χ2v) is 9.36. The van der Waals surface area contributed by atoms with Crippen molar-refractivity contribution in [2.24, 2.45) is 0 Å². The molecule has 1 saturated heterocycles. The number of para-hydroxylation sites is 1. The lowest BCUT2D eigenvalue weighted by molar-refractivity contribution is 0.152. The summed E-state index contributed by atoms with van der Waals surface area (Å²) in [6.07, 6.45) is -0.630. The van der Waals surface area contributed by atoms with Crippen LogP contribution in [0.2, 0.25) is 10.0 Å². The molecule has 1 aliphatic rings. The Labute approximate surface area is 215 Å². The number of likely N-dealkylation sites (N-methyl/N-ethyl adjacent to an activating group) is 1. The van der Waals surface area contributed by atoms with E-state index >= 15 is 0 Å². The number of hydrogen-bond donors (Lipinski definition) is 1. The first-order valence-corrected chi connectivity index (χ1v) is 12.0. The maximum Gasteiger partial charge on any atom is 0.267 e. The van der Waals surface area contributed by atoms with Crippen LogP contribution in [0.25, 0.3) is 16.6 Å². The molecule has 0 radical (unpaired) electrons. The highest BCUT2D eigenvalue weighted by molar-refractivity contribution is 6.37. The van der Waals surface area contributed by atoms with Crippen LogP contribution in [-0.2, 0) is 0 Å². The number of piperazine rings is 1. The summed E-state index contributed by atoms with van der Waals surface area (Å²) in [5, 5.41) is 3.28. The number of rotatable bonds is 5. The number of benzene rings is 2. The van der Waals surface area contributed by atoms with Crippen LogP contribution in [0.15, 0.2) is 59.7 Å². The molecule has 11 heteroatoms. The van der Waals surface area contributed by atoms with Crippen molar-refractivity contribution in [3.05, 3.63) is 80.8 Å². The molecule has 0 aliphatic carbocycles. The summed E-state index contributed by atoms with van der Waals surface area (Å²) < 4.78 is 29.1. The van der Waals surface area contributed by atoms with Gasteiger partial charge in [0.2, 0.25) is 5.95 Å². The third kappa shape index (κ3) is 4.74. The van der Waals surface area contributed by atoms with E-state index in [4.69, 9.17) is 23.2 Å². The van der Waals surface area contributed by atoms with Gasteiger partial charge in [-0.05, 0) is 43.4 Å². The Morgan fingerprint density at radius 1 is 1.00 bits per heavy atom. The molecule has 0 unspecified atom stereocenters. The number of anilines is 3. The van der Waals surface area contributed by atoms with Crippen LogP contribution >= 0.6 is 23.2 Å². The number of pyridine rings is 1. The Morgan fingerprint density at radius 3 is 2.31 bits per heavy atom. The predicted molar refractivity (Wildman–Crippen MR) is 140 cm³/mol. The molecule has 0 atom stereocenters. The number of aromatic nitrogens is 3. The molecule has 1 aliphatic heterocycles. The second kappa shape index (κ2) is 10.0. The Morgan fingerprint density at radius 2 is 1.67 bits per heavy atom. The third-order valence-corrected chi connectivity index (χ3v) is 6.79. The number of fused-ring (bicyclic) bond motifs is 1. The zero-order valence-corrected chi connectivity index (χ0v) is 20.8. The first-order chi connectivity index (χ1) is 17.3. The van der Waals surface area contributed by atoms with Crippen LogP contribution in [0.3, 0.4) is 0 Å². The Balaban J connectivity index is 1.48. The Hall–Kier alpha value is -3.27. The molecule has 0 saturated carbocycles. The van der Waals surface area contributed by atoms with Crippen LogP contribution in [0.4, 0.5) is 26.1 Å². The van der Waals surface area contributed by atoms with Gasteiger partial charge in [0.25, 0.3) is 12.0 Å². The van der Waals surface area contributed by atoms with E-state index in [0.29, 0.717) is 5.69 Å². The summed E-state index contributed by atoms with van der Waals surface area (Å²) in [4.78, 5) is 26.2.